The molecule has 0 saturated heterocycles. The SMILES string of the molecule is NC/C(=C\F)COc1ccc(-c2nc(NCCO)cs2)cc1. The first-order chi connectivity index (χ1) is 10.8. The predicted octanol–water partition coefficient (Wildman–Crippen LogP) is 2.41. The Balaban J connectivity index is 1.98. The molecule has 22 heavy (non-hydrogen) atoms. The maximum atomic E-state index is 12.4. The van der Waals surface area contributed by atoms with Crippen LogP contribution in [-0.2, 0) is 0 Å². The summed E-state index contributed by atoms with van der Waals surface area (Å²) in [6, 6.07) is 7.41. The number of anilines is 1. The molecule has 0 aliphatic carbocycles. The molecule has 5 nitrogen and oxygen atoms in total. The summed E-state index contributed by atoms with van der Waals surface area (Å²) in [4.78, 5) is 4.43. The molecule has 0 amide bonds. The van der Waals surface area contributed by atoms with Crippen LogP contribution in [0.4, 0.5) is 10.2 Å². The molecule has 0 bridgehead atoms. The number of rotatable bonds is 8. The van der Waals surface area contributed by atoms with E-state index in [0.717, 1.165) is 16.4 Å². The average Bonchev–Trinajstić information content (AvgIpc) is 3.03. The average molecular weight is 323 g/mol. The lowest BCUT2D eigenvalue weighted by molar-refractivity contribution is 0.311. The summed E-state index contributed by atoms with van der Waals surface area (Å²) in [5, 5.41) is 14.6. The number of halogens is 1. The number of thiazole rings is 1. The molecule has 0 fully saturated rings. The Bertz CT molecular complexity index is 614. The highest BCUT2D eigenvalue weighted by Gasteiger charge is 2.05. The summed E-state index contributed by atoms with van der Waals surface area (Å²) in [7, 11) is 0. The number of aliphatic hydroxyl groups is 1. The number of nitrogens with zero attached hydrogens (tertiary/aromatic N) is 1. The van der Waals surface area contributed by atoms with Crippen LogP contribution in [0.15, 0.2) is 41.5 Å². The van der Waals surface area contributed by atoms with Crippen LogP contribution in [0, 0.1) is 0 Å². The van der Waals surface area contributed by atoms with Crippen molar-refractivity contribution in [1.29, 1.82) is 0 Å². The van der Waals surface area contributed by atoms with Gasteiger partial charge in [0.1, 0.15) is 23.2 Å². The third kappa shape index (κ3) is 4.52. The van der Waals surface area contributed by atoms with Crippen LogP contribution in [-0.4, -0.2) is 36.4 Å². The predicted molar refractivity (Wildman–Crippen MR) is 86.9 cm³/mol. The summed E-state index contributed by atoms with van der Waals surface area (Å²) in [5.41, 5.74) is 6.74. The first-order valence-corrected chi connectivity index (χ1v) is 7.66. The number of nitrogens with two attached hydrogens (primary N) is 1. The van der Waals surface area contributed by atoms with Crippen molar-refractivity contribution in [3.05, 3.63) is 41.5 Å². The van der Waals surface area contributed by atoms with Crippen LogP contribution in [0.2, 0.25) is 0 Å². The second-order valence-corrected chi connectivity index (χ2v) is 5.33. The van der Waals surface area contributed by atoms with E-state index in [0.29, 0.717) is 24.2 Å². The van der Waals surface area contributed by atoms with Crippen LogP contribution < -0.4 is 15.8 Å². The van der Waals surface area contributed by atoms with E-state index in [1.54, 1.807) is 0 Å². The van der Waals surface area contributed by atoms with Gasteiger partial charge < -0.3 is 20.9 Å². The molecule has 1 heterocycles. The highest BCUT2D eigenvalue weighted by atomic mass is 32.1. The van der Waals surface area contributed by atoms with E-state index in [-0.39, 0.29) is 19.8 Å². The minimum Gasteiger partial charge on any atom is -0.489 e. The van der Waals surface area contributed by atoms with Gasteiger partial charge in [0.05, 0.1) is 12.9 Å². The fraction of sp³-hybridized carbons (Fsp3) is 0.267. The smallest absolute Gasteiger partial charge is 0.137 e. The lowest BCUT2D eigenvalue weighted by Gasteiger charge is -2.07. The van der Waals surface area contributed by atoms with Gasteiger partial charge in [-0.15, -0.1) is 11.3 Å². The maximum Gasteiger partial charge on any atom is 0.137 e. The fourth-order valence-electron chi connectivity index (χ4n) is 1.68. The summed E-state index contributed by atoms with van der Waals surface area (Å²) < 4.78 is 17.8. The zero-order valence-electron chi connectivity index (χ0n) is 12.0. The number of nitrogens with one attached hydrogen (secondary N) is 1. The summed E-state index contributed by atoms with van der Waals surface area (Å²) >= 11 is 1.51. The zero-order valence-corrected chi connectivity index (χ0v) is 12.8. The molecular weight excluding hydrogens is 305 g/mol. The molecule has 0 atom stereocenters. The van der Waals surface area contributed by atoms with Gasteiger partial charge in [-0.2, -0.15) is 0 Å². The van der Waals surface area contributed by atoms with Crippen LogP contribution in [0.1, 0.15) is 0 Å². The first kappa shape index (κ1) is 16.4. The minimum absolute atomic E-state index is 0.0665. The largest absolute Gasteiger partial charge is 0.489 e. The van der Waals surface area contributed by atoms with Crippen LogP contribution in [0.3, 0.4) is 0 Å². The maximum absolute atomic E-state index is 12.4. The van der Waals surface area contributed by atoms with Gasteiger partial charge in [0.15, 0.2) is 0 Å². The van der Waals surface area contributed by atoms with Gasteiger partial charge in [-0.1, -0.05) is 0 Å². The van der Waals surface area contributed by atoms with E-state index in [2.05, 4.69) is 10.3 Å². The van der Waals surface area contributed by atoms with Crippen molar-refractivity contribution >= 4 is 17.2 Å². The third-order valence-corrected chi connectivity index (χ3v) is 3.76. The molecule has 0 unspecified atom stereocenters. The summed E-state index contributed by atoms with van der Waals surface area (Å²) in [5.74, 6) is 1.39. The Morgan fingerprint density at radius 1 is 1.41 bits per heavy atom. The van der Waals surface area contributed by atoms with Gasteiger partial charge in [-0.3, -0.25) is 0 Å². The highest BCUT2D eigenvalue weighted by Crippen LogP contribution is 2.27. The molecule has 0 radical (unpaired) electrons. The molecule has 1 aromatic carbocycles. The lowest BCUT2D eigenvalue weighted by Crippen LogP contribution is -2.10. The van der Waals surface area contributed by atoms with Crippen LogP contribution >= 0.6 is 11.3 Å². The second kappa shape index (κ2) is 8.47. The van der Waals surface area contributed by atoms with E-state index in [1.807, 2.05) is 29.6 Å². The van der Waals surface area contributed by atoms with E-state index in [1.165, 1.54) is 11.3 Å². The number of aromatic nitrogens is 1. The standard InChI is InChI=1S/C15H18FN3O2S/c16-7-11(8-17)9-21-13-3-1-12(2-4-13)15-19-14(10-22-15)18-5-6-20/h1-4,7,10,18,20H,5-6,8-9,17H2/b11-7+. The normalized spacial score (nSPS) is 11.5. The number of hydrogen-bond acceptors (Lipinski definition) is 6. The van der Waals surface area contributed by atoms with E-state index in [4.69, 9.17) is 15.6 Å². The lowest BCUT2D eigenvalue weighted by atomic mass is 10.2. The molecule has 118 valence electrons. The van der Waals surface area contributed by atoms with Crippen molar-refractivity contribution in [3.63, 3.8) is 0 Å². The molecule has 4 N–H and O–H groups in total. The molecule has 2 aromatic rings. The molecular formula is C15H18FN3O2S. The van der Waals surface area contributed by atoms with Crippen molar-refractivity contribution in [2.24, 2.45) is 5.73 Å². The first-order valence-electron chi connectivity index (χ1n) is 6.78. The Morgan fingerprint density at radius 2 is 2.18 bits per heavy atom. The highest BCUT2D eigenvalue weighted by molar-refractivity contribution is 7.13. The second-order valence-electron chi connectivity index (χ2n) is 4.47. The monoisotopic (exact) mass is 323 g/mol. The van der Waals surface area contributed by atoms with Crippen molar-refractivity contribution in [2.75, 3.05) is 31.6 Å². The number of benzene rings is 1. The summed E-state index contributed by atoms with van der Waals surface area (Å²) in [6.07, 6.45) is 0.477. The van der Waals surface area contributed by atoms with Gasteiger partial charge in [-0.05, 0) is 24.3 Å². The van der Waals surface area contributed by atoms with Gasteiger partial charge in [-0.25, -0.2) is 9.37 Å². The molecule has 0 saturated carbocycles. The Morgan fingerprint density at radius 3 is 2.82 bits per heavy atom. The van der Waals surface area contributed by atoms with Crippen LogP contribution in [0.25, 0.3) is 10.6 Å². The van der Waals surface area contributed by atoms with Gasteiger partial charge >= 0.3 is 0 Å². The quantitative estimate of drug-likeness (QED) is 0.695. The van der Waals surface area contributed by atoms with Crippen molar-refractivity contribution in [2.45, 2.75) is 0 Å². The Kier molecular flexibility index (Phi) is 6.32. The topological polar surface area (TPSA) is 80.4 Å². The summed E-state index contributed by atoms with van der Waals surface area (Å²) in [6.45, 7) is 0.814. The van der Waals surface area contributed by atoms with Gasteiger partial charge in [0.25, 0.3) is 0 Å². The van der Waals surface area contributed by atoms with Gasteiger partial charge in [0, 0.05) is 29.6 Å². The molecule has 7 heteroatoms. The molecule has 1 aromatic heterocycles. The van der Waals surface area contributed by atoms with Gasteiger partial charge in [0.2, 0.25) is 0 Å². The molecule has 0 spiro atoms. The Hall–Kier alpha value is -1.96. The molecule has 0 aliphatic rings. The fourth-order valence-corrected chi connectivity index (χ4v) is 2.46. The van der Waals surface area contributed by atoms with Crippen molar-refractivity contribution < 1.29 is 14.2 Å². The van der Waals surface area contributed by atoms with Crippen molar-refractivity contribution in [3.8, 4) is 16.3 Å². The van der Waals surface area contributed by atoms with E-state index < -0.39 is 0 Å². The zero-order chi connectivity index (χ0) is 15.8. The molecule has 2 rings (SSSR count). The van der Waals surface area contributed by atoms with E-state index >= 15 is 0 Å². The number of aliphatic hydroxyl groups excluding tert-OH is 1. The minimum atomic E-state index is 0.0665. The van der Waals surface area contributed by atoms with E-state index in [9.17, 15) is 4.39 Å². The number of hydrogen-bond donors (Lipinski definition) is 3. The Labute approximate surface area is 132 Å². The number of ether oxygens (including phenoxy) is 1. The third-order valence-electron chi connectivity index (χ3n) is 2.86. The van der Waals surface area contributed by atoms with Crippen LogP contribution in [0.5, 0.6) is 5.75 Å². The van der Waals surface area contributed by atoms with Crippen molar-refractivity contribution in [1.82, 2.24) is 4.98 Å². The molecule has 0 aliphatic heterocycles.